The maximum Gasteiger partial charge on any atom is 0.160 e. The van der Waals surface area contributed by atoms with E-state index in [1.807, 2.05) is 24.0 Å². The first-order chi connectivity index (χ1) is 13.1. The van der Waals surface area contributed by atoms with Gasteiger partial charge < -0.3 is 9.47 Å². The van der Waals surface area contributed by atoms with Crippen molar-refractivity contribution in [2.24, 2.45) is 4.99 Å². The van der Waals surface area contributed by atoms with Gasteiger partial charge in [-0.15, -0.1) is 0 Å². The Morgan fingerprint density at radius 2 is 1.96 bits per heavy atom. The summed E-state index contributed by atoms with van der Waals surface area (Å²) in [5.41, 5.74) is 5.38. The molecular formula is C22H28N4S. The number of hydrogen-bond acceptors (Lipinski definition) is 4. The molecule has 3 aliphatic rings. The van der Waals surface area contributed by atoms with Crippen LogP contribution in [0.25, 0.3) is 0 Å². The van der Waals surface area contributed by atoms with Gasteiger partial charge in [-0.1, -0.05) is 37.6 Å². The Bertz CT molecular complexity index is 866. The standard InChI is InChI=1S/C22H28N4S/c1-14-12-18(16(3)26(14)17-8-4-5-9-17)21-20(19-10-6-7-11-23-19)24-22-25(21)13-15(2)27-22/h6-7,10-12,15,17,20-21H,4-5,8-9,13H2,1-3H3/t15-,20-,21-/m1/s1. The number of amidine groups is 1. The Morgan fingerprint density at radius 3 is 2.70 bits per heavy atom. The molecule has 1 saturated heterocycles. The smallest absolute Gasteiger partial charge is 0.160 e. The third-order valence-corrected chi connectivity index (χ3v) is 7.52. The number of aryl methyl sites for hydroxylation is 1. The summed E-state index contributed by atoms with van der Waals surface area (Å²) >= 11 is 1.92. The Hall–Kier alpha value is -1.75. The fourth-order valence-electron chi connectivity index (χ4n) is 5.28. The molecule has 1 aliphatic carbocycles. The summed E-state index contributed by atoms with van der Waals surface area (Å²) in [6.07, 6.45) is 7.27. The lowest BCUT2D eigenvalue weighted by molar-refractivity contribution is 0.319. The molecule has 0 radical (unpaired) electrons. The molecule has 2 aromatic heterocycles. The van der Waals surface area contributed by atoms with E-state index in [1.165, 1.54) is 47.8 Å². The van der Waals surface area contributed by atoms with Gasteiger partial charge in [-0.25, -0.2) is 0 Å². The lowest BCUT2D eigenvalue weighted by Gasteiger charge is -2.28. The Balaban J connectivity index is 1.58. The van der Waals surface area contributed by atoms with Crippen LogP contribution in [0.4, 0.5) is 0 Å². The molecule has 4 nitrogen and oxygen atoms in total. The molecule has 0 bridgehead atoms. The van der Waals surface area contributed by atoms with Crippen molar-refractivity contribution in [2.75, 3.05) is 6.54 Å². The summed E-state index contributed by atoms with van der Waals surface area (Å²) in [6, 6.07) is 9.69. The molecular weight excluding hydrogens is 352 g/mol. The van der Waals surface area contributed by atoms with Crippen molar-refractivity contribution in [3.05, 3.63) is 53.1 Å². The molecule has 0 amide bonds. The molecule has 4 heterocycles. The maximum atomic E-state index is 5.14. The minimum atomic E-state index is 0.0960. The van der Waals surface area contributed by atoms with E-state index in [-0.39, 0.29) is 12.1 Å². The van der Waals surface area contributed by atoms with Gasteiger partial charge in [-0.3, -0.25) is 9.98 Å². The zero-order valence-corrected chi connectivity index (χ0v) is 17.2. The van der Waals surface area contributed by atoms with Crippen LogP contribution >= 0.6 is 11.8 Å². The normalized spacial score (nSPS) is 28.0. The molecule has 5 rings (SSSR count). The van der Waals surface area contributed by atoms with Crippen LogP contribution in [-0.2, 0) is 0 Å². The molecule has 27 heavy (non-hydrogen) atoms. The van der Waals surface area contributed by atoms with Gasteiger partial charge in [0.25, 0.3) is 0 Å². The van der Waals surface area contributed by atoms with E-state index >= 15 is 0 Å². The van der Waals surface area contributed by atoms with E-state index < -0.39 is 0 Å². The first-order valence-corrected chi connectivity index (χ1v) is 11.1. The largest absolute Gasteiger partial charge is 0.346 e. The number of fused-ring (bicyclic) bond motifs is 1. The molecule has 0 N–H and O–H groups in total. The van der Waals surface area contributed by atoms with Crippen LogP contribution in [0.2, 0.25) is 0 Å². The average molecular weight is 381 g/mol. The average Bonchev–Trinajstić information content (AvgIpc) is 3.40. The van der Waals surface area contributed by atoms with Crippen LogP contribution in [0.5, 0.6) is 0 Å². The van der Waals surface area contributed by atoms with Crippen LogP contribution < -0.4 is 0 Å². The Kier molecular flexibility index (Phi) is 4.30. The van der Waals surface area contributed by atoms with Crippen LogP contribution in [0, 0.1) is 13.8 Å². The summed E-state index contributed by atoms with van der Waals surface area (Å²) in [6.45, 7) is 7.98. The van der Waals surface area contributed by atoms with E-state index in [2.05, 4.69) is 53.4 Å². The molecule has 1 saturated carbocycles. The van der Waals surface area contributed by atoms with Crippen LogP contribution in [0.1, 0.15) is 73.4 Å². The fourth-order valence-corrected chi connectivity index (χ4v) is 6.37. The quantitative estimate of drug-likeness (QED) is 0.733. The first-order valence-electron chi connectivity index (χ1n) is 10.2. The number of thioether (sulfide) groups is 1. The van der Waals surface area contributed by atoms with E-state index in [1.54, 1.807) is 0 Å². The topological polar surface area (TPSA) is 33.4 Å². The minimum Gasteiger partial charge on any atom is -0.346 e. The van der Waals surface area contributed by atoms with Crippen molar-refractivity contribution < 1.29 is 0 Å². The summed E-state index contributed by atoms with van der Waals surface area (Å²) in [5, 5.41) is 1.81. The summed E-state index contributed by atoms with van der Waals surface area (Å²) in [7, 11) is 0. The monoisotopic (exact) mass is 380 g/mol. The van der Waals surface area contributed by atoms with Gasteiger partial charge in [0.1, 0.15) is 6.04 Å². The predicted octanol–water partition coefficient (Wildman–Crippen LogP) is 5.20. The van der Waals surface area contributed by atoms with Gasteiger partial charge in [0.15, 0.2) is 5.17 Å². The summed E-state index contributed by atoms with van der Waals surface area (Å²) in [5.74, 6) is 0. The molecule has 3 atom stereocenters. The van der Waals surface area contributed by atoms with Crippen molar-refractivity contribution >= 4 is 16.9 Å². The number of rotatable bonds is 3. The molecule has 142 valence electrons. The highest BCUT2D eigenvalue weighted by Gasteiger charge is 2.44. The summed E-state index contributed by atoms with van der Waals surface area (Å²) < 4.78 is 2.61. The first kappa shape index (κ1) is 17.4. The second-order valence-corrected chi connectivity index (χ2v) is 9.68. The van der Waals surface area contributed by atoms with Gasteiger partial charge in [0.05, 0.1) is 11.7 Å². The molecule has 0 spiro atoms. The van der Waals surface area contributed by atoms with Gasteiger partial charge in [-0.2, -0.15) is 0 Å². The Labute approximate surface area is 166 Å². The number of pyridine rings is 1. The fraction of sp³-hybridized carbons (Fsp3) is 0.545. The number of nitrogens with zero attached hydrogens (tertiary/aromatic N) is 4. The van der Waals surface area contributed by atoms with E-state index in [9.17, 15) is 0 Å². The molecule has 2 aliphatic heterocycles. The Morgan fingerprint density at radius 1 is 1.15 bits per heavy atom. The highest BCUT2D eigenvalue weighted by Crippen LogP contribution is 2.49. The highest BCUT2D eigenvalue weighted by atomic mass is 32.2. The zero-order valence-electron chi connectivity index (χ0n) is 16.4. The highest BCUT2D eigenvalue weighted by molar-refractivity contribution is 8.14. The van der Waals surface area contributed by atoms with Gasteiger partial charge in [0.2, 0.25) is 0 Å². The summed E-state index contributed by atoms with van der Waals surface area (Å²) in [4.78, 5) is 12.3. The van der Waals surface area contributed by atoms with Gasteiger partial charge in [0, 0.05) is 35.4 Å². The lowest BCUT2D eigenvalue weighted by Crippen LogP contribution is -2.29. The van der Waals surface area contributed by atoms with Crippen molar-refractivity contribution in [3.8, 4) is 0 Å². The van der Waals surface area contributed by atoms with Crippen LogP contribution in [-0.4, -0.2) is 31.4 Å². The lowest BCUT2D eigenvalue weighted by atomic mass is 9.96. The third kappa shape index (κ3) is 2.82. The van der Waals surface area contributed by atoms with Gasteiger partial charge >= 0.3 is 0 Å². The third-order valence-electron chi connectivity index (χ3n) is 6.41. The molecule has 0 unspecified atom stereocenters. The van der Waals surface area contributed by atoms with E-state index in [4.69, 9.17) is 4.99 Å². The maximum absolute atomic E-state index is 5.14. The van der Waals surface area contributed by atoms with E-state index in [0.717, 1.165) is 12.2 Å². The number of aromatic nitrogens is 2. The van der Waals surface area contributed by atoms with Crippen LogP contribution in [0.15, 0.2) is 35.5 Å². The van der Waals surface area contributed by atoms with Crippen molar-refractivity contribution in [1.82, 2.24) is 14.5 Å². The second kappa shape index (κ2) is 6.69. The molecule has 2 fully saturated rings. The zero-order chi connectivity index (χ0) is 18.5. The van der Waals surface area contributed by atoms with E-state index in [0.29, 0.717) is 11.3 Å². The van der Waals surface area contributed by atoms with Crippen molar-refractivity contribution in [3.63, 3.8) is 0 Å². The number of aliphatic imine (C=N–C) groups is 1. The molecule has 5 heteroatoms. The van der Waals surface area contributed by atoms with Crippen LogP contribution in [0.3, 0.4) is 0 Å². The second-order valence-electron chi connectivity index (χ2n) is 8.27. The SMILES string of the molecule is Cc1cc([C@@H]2[C@@H](c3ccccn3)N=C3S[C@H](C)CN32)c(C)n1C1CCCC1. The van der Waals surface area contributed by atoms with Gasteiger partial charge in [-0.05, 0) is 50.5 Å². The number of hydrogen-bond donors (Lipinski definition) is 0. The van der Waals surface area contributed by atoms with Crippen molar-refractivity contribution in [1.29, 1.82) is 0 Å². The predicted molar refractivity (Wildman–Crippen MR) is 112 cm³/mol. The van der Waals surface area contributed by atoms with Crippen molar-refractivity contribution in [2.45, 2.75) is 69.8 Å². The molecule has 2 aromatic rings. The molecule has 0 aromatic carbocycles. The minimum absolute atomic E-state index is 0.0960.